The fraction of sp³-hybridized carbons (Fsp3) is 0.538. The molecule has 1 saturated heterocycles. The number of anilines is 1. The first kappa shape index (κ1) is 11.8. The summed E-state index contributed by atoms with van der Waals surface area (Å²) in [6, 6.07) is 9.12. The maximum absolute atomic E-state index is 5.79. The van der Waals surface area contributed by atoms with Gasteiger partial charge in [0.05, 0.1) is 0 Å². The Morgan fingerprint density at radius 3 is 2.44 bits per heavy atom. The fourth-order valence-electron chi connectivity index (χ4n) is 2.04. The first-order valence-electron chi connectivity index (χ1n) is 5.93. The van der Waals surface area contributed by atoms with Crippen LogP contribution in [0.3, 0.4) is 0 Å². The number of nitrogens with zero attached hydrogens (tertiary/aromatic N) is 1. The van der Waals surface area contributed by atoms with Gasteiger partial charge in [-0.25, -0.2) is 0 Å². The maximum Gasteiger partial charge on any atom is 0.0366 e. The molecule has 0 bridgehead atoms. The van der Waals surface area contributed by atoms with Gasteiger partial charge in [0.15, 0.2) is 0 Å². The van der Waals surface area contributed by atoms with Crippen molar-refractivity contribution in [1.82, 2.24) is 0 Å². The molecular weight excluding hydrogens is 216 g/mol. The predicted molar refractivity (Wildman–Crippen MR) is 73.3 cm³/mol. The van der Waals surface area contributed by atoms with Gasteiger partial charge < -0.3 is 10.6 Å². The molecule has 0 spiro atoms. The molecule has 1 unspecified atom stereocenters. The fourth-order valence-corrected chi connectivity index (χ4v) is 2.94. The normalized spacial score (nSPS) is 18.5. The molecule has 1 aromatic rings. The molecule has 0 aromatic heterocycles. The van der Waals surface area contributed by atoms with Crippen molar-refractivity contribution in [2.45, 2.75) is 19.4 Å². The number of benzene rings is 1. The first-order valence-corrected chi connectivity index (χ1v) is 7.08. The SMILES string of the molecule is CC(N)Cc1ccc(N2CCSCC2)cc1. The Kier molecular flexibility index (Phi) is 4.13. The van der Waals surface area contributed by atoms with Gasteiger partial charge in [-0.3, -0.25) is 0 Å². The molecule has 1 fully saturated rings. The van der Waals surface area contributed by atoms with E-state index in [1.54, 1.807) is 0 Å². The van der Waals surface area contributed by atoms with Crippen LogP contribution in [-0.2, 0) is 6.42 Å². The summed E-state index contributed by atoms with van der Waals surface area (Å²) in [5.41, 5.74) is 8.49. The Morgan fingerprint density at radius 1 is 1.25 bits per heavy atom. The zero-order valence-electron chi connectivity index (χ0n) is 9.86. The summed E-state index contributed by atoms with van der Waals surface area (Å²) in [7, 11) is 0. The lowest BCUT2D eigenvalue weighted by Gasteiger charge is -2.28. The van der Waals surface area contributed by atoms with E-state index in [0.717, 1.165) is 6.42 Å². The van der Waals surface area contributed by atoms with Crippen molar-refractivity contribution in [2.24, 2.45) is 5.73 Å². The van der Waals surface area contributed by atoms with Gasteiger partial charge in [0.25, 0.3) is 0 Å². The zero-order chi connectivity index (χ0) is 11.4. The second-order valence-electron chi connectivity index (χ2n) is 4.45. The largest absolute Gasteiger partial charge is 0.370 e. The summed E-state index contributed by atoms with van der Waals surface area (Å²) in [4.78, 5) is 2.46. The van der Waals surface area contributed by atoms with Crippen LogP contribution in [0.4, 0.5) is 5.69 Å². The Labute approximate surface area is 102 Å². The van der Waals surface area contributed by atoms with Crippen molar-refractivity contribution in [1.29, 1.82) is 0 Å². The molecule has 2 N–H and O–H groups in total. The third-order valence-corrected chi connectivity index (χ3v) is 3.81. The lowest BCUT2D eigenvalue weighted by Crippen LogP contribution is -2.32. The van der Waals surface area contributed by atoms with Gasteiger partial charge in [-0.2, -0.15) is 11.8 Å². The molecule has 1 aliphatic heterocycles. The lowest BCUT2D eigenvalue weighted by molar-refractivity contribution is 0.738. The van der Waals surface area contributed by atoms with E-state index in [4.69, 9.17) is 5.73 Å². The van der Waals surface area contributed by atoms with Crippen LogP contribution in [-0.4, -0.2) is 30.6 Å². The molecule has 16 heavy (non-hydrogen) atoms. The quantitative estimate of drug-likeness (QED) is 0.872. The first-order chi connectivity index (χ1) is 7.75. The van der Waals surface area contributed by atoms with E-state index in [2.05, 4.69) is 36.1 Å². The van der Waals surface area contributed by atoms with E-state index in [1.165, 1.54) is 35.8 Å². The van der Waals surface area contributed by atoms with Crippen molar-refractivity contribution in [3.8, 4) is 0 Å². The number of hydrogen-bond acceptors (Lipinski definition) is 3. The van der Waals surface area contributed by atoms with E-state index in [9.17, 15) is 0 Å². The lowest BCUT2D eigenvalue weighted by atomic mass is 10.1. The average Bonchev–Trinajstić information content (AvgIpc) is 2.30. The van der Waals surface area contributed by atoms with Crippen molar-refractivity contribution in [3.63, 3.8) is 0 Å². The summed E-state index contributed by atoms with van der Waals surface area (Å²) in [5, 5.41) is 0. The standard InChI is InChI=1S/C13H20N2S/c1-11(14)10-12-2-4-13(5-3-12)15-6-8-16-9-7-15/h2-5,11H,6-10,14H2,1H3. The van der Waals surface area contributed by atoms with E-state index in [-0.39, 0.29) is 6.04 Å². The van der Waals surface area contributed by atoms with Crippen LogP contribution < -0.4 is 10.6 Å². The summed E-state index contributed by atoms with van der Waals surface area (Å²) >= 11 is 2.05. The highest BCUT2D eigenvalue weighted by Gasteiger charge is 2.10. The number of thioether (sulfide) groups is 1. The molecule has 0 amide bonds. The van der Waals surface area contributed by atoms with Crippen molar-refractivity contribution >= 4 is 17.4 Å². The summed E-state index contributed by atoms with van der Waals surface area (Å²) in [6.45, 7) is 4.41. The van der Waals surface area contributed by atoms with Gasteiger partial charge in [-0.1, -0.05) is 12.1 Å². The minimum atomic E-state index is 0.247. The molecule has 0 aliphatic carbocycles. The van der Waals surface area contributed by atoms with Crippen LogP contribution in [0.5, 0.6) is 0 Å². The van der Waals surface area contributed by atoms with E-state index < -0.39 is 0 Å². The Hall–Kier alpha value is -0.670. The van der Waals surface area contributed by atoms with Crippen LogP contribution >= 0.6 is 11.8 Å². The highest BCUT2D eigenvalue weighted by atomic mass is 32.2. The number of hydrogen-bond donors (Lipinski definition) is 1. The Balaban J connectivity index is 2.00. The second kappa shape index (κ2) is 5.60. The van der Waals surface area contributed by atoms with Crippen LogP contribution in [0.25, 0.3) is 0 Å². The van der Waals surface area contributed by atoms with Crippen LogP contribution in [0.2, 0.25) is 0 Å². The minimum Gasteiger partial charge on any atom is -0.370 e. The topological polar surface area (TPSA) is 29.3 Å². The van der Waals surface area contributed by atoms with Crippen molar-refractivity contribution in [3.05, 3.63) is 29.8 Å². The molecule has 1 atom stereocenters. The van der Waals surface area contributed by atoms with Crippen LogP contribution in [0, 0.1) is 0 Å². The van der Waals surface area contributed by atoms with Gasteiger partial charge >= 0.3 is 0 Å². The van der Waals surface area contributed by atoms with Crippen molar-refractivity contribution in [2.75, 3.05) is 29.5 Å². The molecule has 1 aromatic carbocycles. The predicted octanol–water partition coefficient (Wildman–Crippen LogP) is 2.13. The van der Waals surface area contributed by atoms with E-state index >= 15 is 0 Å². The van der Waals surface area contributed by atoms with Crippen LogP contribution in [0.15, 0.2) is 24.3 Å². The van der Waals surface area contributed by atoms with Gasteiger partial charge in [0.1, 0.15) is 0 Å². The number of rotatable bonds is 3. The molecule has 2 nitrogen and oxygen atoms in total. The van der Waals surface area contributed by atoms with E-state index in [0.29, 0.717) is 0 Å². The van der Waals surface area contributed by atoms with Gasteiger partial charge in [0, 0.05) is 36.3 Å². The molecule has 0 radical (unpaired) electrons. The van der Waals surface area contributed by atoms with Crippen molar-refractivity contribution < 1.29 is 0 Å². The number of nitrogens with two attached hydrogens (primary N) is 1. The molecule has 88 valence electrons. The average molecular weight is 236 g/mol. The molecular formula is C13H20N2S. The van der Waals surface area contributed by atoms with E-state index in [1.807, 2.05) is 11.8 Å². The Morgan fingerprint density at radius 2 is 1.88 bits per heavy atom. The molecule has 3 heteroatoms. The smallest absolute Gasteiger partial charge is 0.0366 e. The third kappa shape index (κ3) is 3.16. The van der Waals surface area contributed by atoms with Gasteiger partial charge in [-0.05, 0) is 31.0 Å². The maximum atomic E-state index is 5.79. The van der Waals surface area contributed by atoms with Crippen LogP contribution in [0.1, 0.15) is 12.5 Å². The molecule has 2 rings (SSSR count). The summed E-state index contributed by atoms with van der Waals surface area (Å²) in [5.74, 6) is 2.50. The summed E-state index contributed by atoms with van der Waals surface area (Å²) < 4.78 is 0. The zero-order valence-corrected chi connectivity index (χ0v) is 10.7. The monoisotopic (exact) mass is 236 g/mol. The van der Waals surface area contributed by atoms with Gasteiger partial charge in [-0.15, -0.1) is 0 Å². The highest BCUT2D eigenvalue weighted by Crippen LogP contribution is 2.20. The third-order valence-electron chi connectivity index (χ3n) is 2.87. The molecule has 1 aliphatic rings. The van der Waals surface area contributed by atoms with Gasteiger partial charge in [0.2, 0.25) is 0 Å². The Bertz CT molecular complexity index is 315. The highest BCUT2D eigenvalue weighted by molar-refractivity contribution is 7.99. The molecule has 0 saturated carbocycles. The minimum absolute atomic E-state index is 0.247. The second-order valence-corrected chi connectivity index (χ2v) is 5.67. The molecule has 1 heterocycles. The summed E-state index contributed by atoms with van der Waals surface area (Å²) in [6.07, 6.45) is 0.968.